The van der Waals surface area contributed by atoms with Gasteiger partial charge in [0.25, 0.3) is 0 Å². The first-order chi connectivity index (χ1) is 6.21. The summed E-state index contributed by atoms with van der Waals surface area (Å²) in [4.78, 5) is -0.342. The molecule has 0 aliphatic heterocycles. The van der Waals surface area contributed by atoms with Gasteiger partial charge in [-0.25, -0.2) is 13.6 Å². The molecule has 1 rings (SSSR count). The van der Waals surface area contributed by atoms with Crippen LogP contribution in [0.25, 0.3) is 0 Å². The monoisotopic (exact) mass is 248 g/mol. The Kier molecular flexibility index (Phi) is 4.81. The van der Waals surface area contributed by atoms with Gasteiger partial charge in [0.1, 0.15) is 0 Å². The average molecular weight is 248 g/mol. The van der Waals surface area contributed by atoms with Crippen LogP contribution in [0.1, 0.15) is 5.56 Å². The van der Waals surface area contributed by atoms with Crippen LogP contribution in [0.5, 0.6) is 0 Å². The Morgan fingerprint density at radius 3 is 1.73 bits per heavy atom. The van der Waals surface area contributed by atoms with Gasteiger partial charge in [0, 0.05) is 29.6 Å². The van der Waals surface area contributed by atoms with Gasteiger partial charge in [-0.15, -0.1) is 0 Å². The average Bonchev–Trinajstić information content (AvgIpc) is 2.01. The van der Waals surface area contributed by atoms with E-state index in [1.165, 1.54) is 0 Å². The van der Waals surface area contributed by atoms with E-state index in [4.69, 9.17) is 5.14 Å². The zero-order chi connectivity index (χ0) is 11.0. The number of primary sulfonamides is 1. The second-order valence-corrected chi connectivity index (χ2v) is 4.13. The van der Waals surface area contributed by atoms with E-state index in [2.05, 4.69) is 0 Å². The molecule has 0 saturated carbocycles. The number of hydrogen-bond donors (Lipinski definition) is 1. The van der Waals surface area contributed by atoms with Crippen molar-refractivity contribution in [1.82, 2.24) is 0 Å². The van der Waals surface area contributed by atoms with Crippen molar-refractivity contribution in [2.45, 2.75) is 11.1 Å². The summed E-state index contributed by atoms with van der Waals surface area (Å²) in [6.45, 7) is 0. The van der Waals surface area contributed by atoms with E-state index in [1.807, 2.05) is 0 Å². The molecule has 79 valence electrons. The molecule has 0 spiro atoms. The molecule has 0 unspecified atom stereocenters. The molecule has 1 radical (unpaired) electrons. The fourth-order valence-electron chi connectivity index (χ4n) is 0.834. The van der Waals surface area contributed by atoms with Crippen molar-refractivity contribution in [3.8, 4) is 0 Å². The molecule has 0 aromatic heterocycles. The Labute approximate surface area is 107 Å². The molecular weight excluding hydrogens is 242 g/mol. The maximum Gasteiger partial charge on any atom is 0.416 e. The van der Waals surface area contributed by atoms with Crippen LogP contribution >= 0.6 is 0 Å². The van der Waals surface area contributed by atoms with E-state index in [-0.39, 0.29) is 34.5 Å². The zero-order valence-electron chi connectivity index (χ0n) is 7.75. The summed E-state index contributed by atoms with van der Waals surface area (Å²) >= 11 is 0. The summed E-state index contributed by atoms with van der Waals surface area (Å²) in [6, 6.07) is 2.97. The molecule has 3 nitrogen and oxygen atoms in total. The van der Waals surface area contributed by atoms with Crippen LogP contribution in [0, 0.1) is 0 Å². The van der Waals surface area contributed by atoms with E-state index in [0.717, 1.165) is 12.1 Å². The first-order valence-electron chi connectivity index (χ1n) is 3.41. The van der Waals surface area contributed by atoms with Crippen LogP contribution < -0.4 is 5.14 Å². The molecule has 0 heterocycles. The van der Waals surface area contributed by atoms with Crippen LogP contribution in [0.3, 0.4) is 0 Å². The quantitative estimate of drug-likeness (QED) is 0.753. The van der Waals surface area contributed by atoms with Crippen LogP contribution in [-0.2, 0) is 16.2 Å². The number of benzene rings is 1. The van der Waals surface area contributed by atoms with E-state index in [0.29, 0.717) is 12.1 Å². The van der Waals surface area contributed by atoms with Crippen molar-refractivity contribution in [1.29, 1.82) is 0 Å². The Morgan fingerprint density at radius 2 is 1.47 bits per heavy atom. The SMILES string of the molecule is NS(=O)(=O)c1ccc(C(F)(F)F)cc1.[Na]. The molecule has 0 bridgehead atoms. The molecule has 0 amide bonds. The maximum atomic E-state index is 12.0. The largest absolute Gasteiger partial charge is 0.416 e. The third-order valence-corrected chi connectivity index (χ3v) is 2.44. The summed E-state index contributed by atoms with van der Waals surface area (Å²) in [5, 5.41) is 4.71. The van der Waals surface area contributed by atoms with Gasteiger partial charge in [-0.2, -0.15) is 13.2 Å². The van der Waals surface area contributed by atoms with Gasteiger partial charge in [-0.3, -0.25) is 0 Å². The van der Waals surface area contributed by atoms with Crippen LogP contribution in [-0.4, -0.2) is 38.0 Å². The van der Waals surface area contributed by atoms with Crippen LogP contribution in [0.4, 0.5) is 13.2 Å². The van der Waals surface area contributed by atoms with Crippen molar-refractivity contribution in [3.05, 3.63) is 29.8 Å². The number of halogens is 3. The van der Waals surface area contributed by atoms with Crippen molar-refractivity contribution >= 4 is 39.6 Å². The van der Waals surface area contributed by atoms with Gasteiger partial charge >= 0.3 is 6.18 Å². The predicted octanol–water partition coefficient (Wildman–Crippen LogP) is 0.972. The topological polar surface area (TPSA) is 60.2 Å². The van der Waals surface area contributed by atoms with Gasteiger partial charge in [0.15, 0.2) is 0 Å². The molecule has 0 atom stereocenters. The van der Waals surface area contributed by atoms with Crippen LogP contribution in [0.15, 0.2) is 29.2 Å². The minimum Gasteiger partial charge on any atom is -0.225 e. The minimum absolute atomic E-state index is 0. The van der Waals surface area contributed by atoms with Crippen molar-refractivity contribution < 1.29 is 21.6 Å². The van der Waals surface area contributed by atoms with E-state index >= 15 is 0 Å². The van der Waals surface area contributed by atoms with Gasteiger partial charge in [0.05, 0.1) is 10.5 Å². The Hall–Kier alpha value is -0.0800. The number of alkyl halides is 3. The van der Waals surface area contributed by atoms with Gasteiger partial charge in [-0.05, 0) is 24.3 Å². The first-order valence-corrected chi connectivity index (χ1v) is 4.96. The fraction of sp³-hybridized carbons (Fsp3) is 0.143. The second kappa shape index (κ2) is 4.84. The standard InChI is InChI=1S/C7H6F3NO2S.Na/c8-7(9,10)5-1-3-6(4-2-5)14(11,12)13;/h1-4H,(H2,11,12,13);. The second-order valence-electron chi connectivity index (χ2n) is 2.57. The third-order valence-electron chi connectivity index (χ3n) is 1.51. The summed E-state index contributed by atoms with van der Waals surface area (Å²) in [5.74, 6) is 0. The normalized spacial score (nSPS) is 12.0. The Balaban J connectivity index is 0.00000196. The molecule has 1 aromatic rings. The van der Waals surface area contributed by atoms with Crippen molar-refractivity contribution in [2.75, 3.05) is 0 Å². The molecule has 0 fully saturated rings. The number of sulfonamides is 1. The minimum atomic E-state index is -4.48. The predicted molar refractivity (Wildman–Crippen MR) is 48.6 cm³/mol. The first kappa shape index (κ1) is 14.9. The molecule has 1 aromatic carbocycles. The Bertz CT molecular complexity index is 427. The van der Waals surface area contributed by atoms with Crippen LogP contribution in [0.2, 0.25) is 0 Å². The van der Waals surface area contributed by atoms with E-state index < -0.39 is 21.8 Å². The molecule has 0 aliphatic rings. The summed E-state index contributed by atoms with van der Waals surface area (Å²) in [5.41, 5.74) is -0.912. The zero-order valence-corrected chi connectivity index (χ0v) is 10.6. The number of hydrogen-bond acceptors (Lipinski definition) is 2. The third kappa shape index (κ3) is 4.12. The molecular formula is C7H6F3NNaO2S. The smallest absolute Gasteiger partial charge is 0.225 e. The maximum absolute atomic E-state index is 12.0. The number of nitrogens with two attached hydrogens (primary N) is 1. The molecule has 15 heavy (non-hydrogen) atoms. The summed E-state index contributed by atoms with van der Waals surface area (Å²) in [7, 11) is -3.93. The Morgan fingerprint density at radius 1 is 1.07 bits per heavy atom. The molecule has 2 N–H and O–H groups in total. The summed E-state index contributed by atoms with van der Waals surface area (Å²) in [6.07, 6.45) is -4.48. The summed E-state index contributed by atoms with van der Waals surface area (Å²) < 4.78 is 57.5. The van der Waals surface area contributed by atoms with E-state index in [9.17, 15) is 21.6 Å². The molecule has 0 aliphatic carbocycles. The van der Waals surface area contributed by atoms with Gasteiger partial charge in [-0.1, -0.05) is 0 Å². The van der Waals surface area contributed by atoms with Gasteiger partial charge in [0.2, 0.25) is 10.0 Å². The van der Waals surface area contributed by atoms with E-state index in [1.54, 1.807) is 0 Å². The van der Waals surface area contributed by atoms with Gasteiger partial charge < -0.3 is 0 Å². The van der Waals surface area contributed by atoms with Crippen molar-refractivity contribution in [3.63, 3.8) is 0 Å². The molecule has 0 saturated heterocycles. The fourth-order valence-corrected chi connectivity index (χ4v) is 1.35. The molecule has 8 heteroatoms. The number of rotatable bonds is 1. The van der Waals surface area contributed by atoms with Crippen molar-refractivity contribution in [2.24, 2.45) is 5.14 Å².